The summed E-state index contributed by atoms with van der Waals surface area (Å²) in [6.45, 7) is 0.280. The van der Waals surface area contributed by atoms with E-state index < -0.39 is 27.8 Å². The normalized spacial score (nSPS) is 18.1. The van der Waals surface area contributed by atoms with Gasteiger partial charge in [0.05, 0.1) is 11.5 Å². The van der Waals surface area contributed by atoms with Crippen molar-refractivity contribution < 1.29 is 31.2 Å². The van der Waals surface area contributed by atoms with Crippen molar-refractivity contribution in [3.63, 3.8) is 0 Å². The van der Waals surface area contributed by atoms with Crippen LogP contribution in [0.15, 0.2) is 51.4 Å². The van der Waals surface area contributed by atoms with Crippen LogP contribution in [0.2, 0.25) is 0 Å². The van der Waals surface area contributed by atoms with Gasteiger partial charge in [0.2, 0.25) is 0 Å². The number of benzene rings is 1. The Kier molecular flexibility index (Phi) is 5.63. The summed E-state index contributed by atoms with van der Waals surface area (Å²) in [5.41, 5.74) is 0.557. The fourth-order valence-electron chi connectivity index (χ4n) is 2.85. The van der Waals surface area contributed by atoms with Crippen molar-refractivity contribution in [2.45, 2.75) is 10.3 Å². The zero-order valence-electron chi connectivity index (χ0n) is 15.0. The lowest BCUT2D eigenvalue weighted by molar-refractivity contribution is -0.0255. The number of hydrogen-bond donors (Lipinski definition) is 0. The standard InChI is InChI=1S/C18H16F2N2O5S2/c19-12-1-2-14(20)16(9-12)26-11-13-10-22(6-8-25-13)29(23,24)18-4-3-17(28-18)15-5-7-27-21-15/h1-5,7,9,13H,6,8,10-11H2. The zero-order chi connectivity index (χ0) is 20.4. The predicted octanol–water partition coefficient (Wildman–Crippen LogP) is 3.15. The van der Waals surface area contributed by atoms with Gasteiger partial charge in [-0.1, -0.05) is 5.16 Å². The molecule has 7 nitrogen and oxygen atoms in total. The second-order valence-electron chi connectivity index (χ2n) is 6.24. The maximum Gasteiger partial charge on any atom is 0.252 e. The smallest absolute Gasteiger partial charge is 0.252 e. The molecule has 1 fully saturated rings. The van der Waals surface area contributed by atoms with Crippen LogP contribution < -0.4 is 4.74 Å². The van der Waals surface area contributed by atoms with Crippen LogP contribution in [-0.2, 0) is 14.8 Å². The molecule has 11 heteroatoms. The predicted molar refractivity (Wildman–Crippen MR) is 100 cm³/mol. The maximum absolute atomic E-state index is 13.7. The molecular weight excluding hydrogens is 426 g/mol. The minimum absolute atomic E-state index is 0.0382. The third-order valence-electron chi connectivity index (χ3n) is 4.29. The van der Waals surface area contributed by atoms with E-state index in [9.17, 15) is 17.2 Å². The van der Waals surface area contributed by atoms with E-state index >= 15 is 0 Å². The van der Waals surface area contributed by atoms with Gasteiger partial charge in [-0.25, -0.2) is 17.2 Å². The van der Waals surface area contributed by atoms with E-state index in [1.807, 2.05) is 0 Å². The maximum atomic E-state index is 13.7. The Morgan fingerprint density at radius 1 is 1.24 bits per heavy atom. The first-order valence-electron chi connectivity index (χ1n) is 8.63. The van der Waals surface area contributed by atoms with E-state index in [2.05, 4.69) is 5.16 Å². The lowest BCUT2D eigenvalue weighted by Gasteiger charge is -2.31. The van der Waals surface area contributed by atoms with Gasteiger partial charge >= 0.3 is 0 Å². The average molecular weight is 442 g/mol. The van der Waals surface area contributed by atoms with Gasteiger partial charge in [0.25, 0.3) is 10.0 Å². The van der Waals surface area contributed by atoms with Gasteiger partial charge in [-0.15, -0.1) is 11.3 Å². The highest BCUT2D eigenvalue weighted by Crippen LogP contribution is 2.32. The van der Waals surface area contributed by atoms with E-state index in [-0.39, 0.29) is 36.3 Å². The van der Waals surface area contributed by atoms with Gasteiger partial charge in [-0.3, -0.25) is 0 Å². The molecule has 1 unspecified atom stereocenters. The molecule has 1 atom stereocenters. The Balaban J connectivity index is 1.44. The second-order valence-corrected chi connectivity index (χ2v) is 9.49. The fraction of sp³-hybridized carbons (Fsp3) is 0.278. The van der Waals surface area contributed by atoms with Gasteiger partial charge < -0.3 is 14.0 Å². The largest absolute Gasteiger partial charge is 0.488 e. The van der Waals surface area contributed by atoms with E-state index in [0.717, 1.165) is 29.5 Å². The Morgan fingerprint density at radius 3 is 2.90 bits per heavy atom. The Labute approximate surface area is 169 Å². The SMILES string of the molecule is O=S(=O)(c1ccc(-c2ccon2)s1)N1CCOC(COc2cc(F)ccc2F)C1. The van der Waals surface area contributed by atoms with Crippen molar-refractivity contribution in [3.8, 4) is 16.3 Å². The van der Waals surface area contributed by atoms with Gasteiger partial charge in [0.15, 0.2) is 11.6 Å². The van der Waals surface area contributed by atoms with Gasteiger partial charge in [-0.05, 0) is 24.3 Å². The highest BCUT2D eigenvalue weighted by Gasteiger charge is 2.32. The van der Waals surface area contributed by atoms with Crippen molar-refractivity contribution in [1.82, 2.24) is 9.46 Å². The van der Waals surface area contributed by atoms with E-state index in [1.54, 1.807) is 12.1 Å². The van der Waals surface area contributed by atoms with Crippen LogP contribution in [0.25, 0.3) is 10.6 Å². The van der Waals surface area contributed by atoms with Crippen LogP contribution in [0.1, 0.15) is 0 Å². The molecule has 1 aliphatic heterocycles. The molecule has 0 saturated carbocycles. The van der Waals surface area contributed by atoms with Crippen molar-refractivity contribution in [2.24, 2.45) is 0 Å². The van der Waals surface area contributed by atoms with Crippen LogP contribution in [0.4, 0.5) is 8.78 Å². The molecule has 0 N–H and O–H groups in total. The molecular formula is C18H16F2N2O5S2. The molecule has 2 aromatic heterocycles. The zero-order valence-corrected chi connectivity index (χ0v) is 16.6. The Hall–Kier alpha value is -2.34. The summed E-state index contributed by atoms with van der Waals surface area (Å²) in [6, 6.07) is 7.73. The summed E-state index contributed by atoms with van der Waals surface area (Å²) in [6.07, 6.45) is 0.799. The van der Waals surface area contributed by atoms with Crippen LogP contribution >= 0.6 is 11.3 Å². The fourth-order valence-corrected chi connectivity index (χ4v) is 5.72. The molecule has 4 rings (SSSR count). The molecule has 154 valence electrons. The third-order valence-corrected chi connectivity index (χ3v) is 7.73. The Morgan fingerprint density at radius 2 is 2.10 bits per heavy atom. The molecule has 1 saturated heterocycles. The molecule has 0 bridgehead atoms. The summed E-state index contributed by atoms with van der Waals surface area (Å²) < 4.78 is 70.0. The first kappa shape index (κ1) is 20.0. The number of rotatable bonds is 6. The average Bonchev–Trinajstić information content (AvgIpc) is 3.41. The highest BCUT2D eigenvalue weighted by molar-refractivity contribution is 7.91. The summed E-state index contributed by atoms with van der Waals surface area (Å²) in [4.78, 5) is 0.673. The first-order chi connectivity index (χ1) is 13.9. The molecule has 29 heavy (non-hydrogen) atoms. The van der Waals surface area contributed by atoms with Crippen molar-refractivity contribution >= 4 is 21.4 Å². The van der Waals surface area contributed by atoms with Crippen molar-refractivity contribution in [3.05, 3.63) is 54.3 Å². The van der Waals surface area contributed by atoms with Gasteiger partial charge in [0.1, 0.15) is 34.7 Å². The Bertz CT molecular complexity index is 1090. The molecule has 0 amide bonds. The number of hydrogen-bond acceptors (Lipinski definition) is 7. The van der Waals surface area contributed by atoms with Gasteiger partial charge in [0, 0.05) is 25.2 Å². The molecule has 0 spiro atoms. The molecule has 1 aromatic carbocycles. The van der Waals surface area contributed by atoms with Crippen molar-refractivity contribution in [2.75, 3.05) is 26.3 Å². The van der Waals surface area contributed by atoms with E-state index in [0.29, 0.717) is 10.6 Å². The molecule has 1 aliphatic rings. The summed E-state index contributed by atoms with van der Waals surface area (Å²) >= 11 is 1.09. The van der Waals surface area contributed by atoms with Crippen LogP contribution in [0, 0.1) is 11.6 Å². The number of aromatic nitrogens is 1. The van der Waals surface area contributed by atoms with Crippen molar-refractivity contribution in [1.29, 1.82) is 0 Å². The number of ether oxygens (including phenoxy) is 2. The van der Waals surface area contributed by atoms with E-state index in [4.69, 9.17) is 14.0 Å². The first-order valence-corrected chi connectivity index (χ1v) is 10.9. The van der Waals surface area contributed by atoms with Crippen LogP contribution in [0.3, 0.4) is 0 Å². The minimum atomic E-state index is -3.74. The van der Waals surface area contributed by atoms with Gasteiger partial charge in [-0.2, -0.15) is 4.31 Å². The number of sulfonamides is 1. The van der Waals surface area contributed by atoms with E-state index in [1.165, 1.54) is 16.6 Å². The second kappa shape index (κ2) is 8.19. The number of morpholine rings is 1. The lowest BCUT2D eigenvalue weighted by Crippen LogP contribution is -2.47. The lowest BCUT2D eigenvalue weighted by atomic mass is 10.3. The number of nitrogens with zero attached hydrogens (tertiary/aromatic N) is 2. The molecule has 0 aliphatic carbocycles. The monoisotopic (exact) mass is 442 g/mol. The quantitative estimate of drug-likeness (QED) is 0.583. The summed E-state index contributed by atoms with van der Waals surface area (Å²) in [7, 11) is -3.74. The molecule has 3 heterocycles. The highest BCUT2D eigenvalue weighted by atomic mass is 32.2. The summed E-state index contributed by atoms with van der Waals surface area (Å²) in [5, 5.41) is 3.81. The summed E-state index contributed by atoms with van der Waals surface area (Å²) in [5.74, 6) is -1.58. The number of halogens is 2. The number of thiophene rings is 1. The molecule has 0 radical (unpaired) electrons. The van der Waals surface area contributed by atoms with Crippen LogP contribution in [-0.4, -0.2) is 50.3 Å². The third kappa shape index (κ3) is 4.32. The minimum Gasteiger partial charge on any atom is -0.488 e. The molecule has 3 aromatic rings. The topological polar surface area (TPSA) is 81.9 Å². The van der Waals surface area contributed by atoms with Crippen LogP contribution in [0.5, 0.6) is 5.75 Å².